The van der Waals surface area contributed by atoms with Gasteiger partial charge in [-0.05, 0) is 19.7 Å². The number of thiophene rings is 1. The average molecular weight is 229 g/mol. The lowest BCUT2D eigenvalue weighted by atomic mass is 10.3. The minimum absolute atomic E-state index is 0.215. The van der Waals surface area contributed by atoms with Crippen molar-refractivity contribution in [2.24, 2.45) is 0 Å². The molecule has 15 heavy (non-hydrogen) atoms. The Balaban J connectivity index is 2.46. The van der Waals surface area contributed by atoms with Crippen LogP contribution in [-0.4, -0.2) is 37.0 Å². The first-order valence-electron chi connectivity index (χ1n) is 4.68. The van der Waals surface area contributed by atoms with Crippen molar-refractivity contribution in [1.82, 2.24) is 10.2 Å². The van der Waals surface area contributed by atoms with E-state index in [1.54, 1.807) is 6.07 Å². The standard InChI is InChI=1S/C9H15N3O2S/c1-10-3-4-11(2)6-8-5-9(12(13)14)15-7-8/h5,7,10H,3-4,6H2,1-2H3. The van der Waals surface area contributed by atoms with Crippen LogP contribution in [0.1, 0.15) is 5.56 Å². The summed E-state index contributed by atoms with van der Waals surface area (Å²) in [7, 11) is 3.91. The number of nitrogens with one attached hydrogen (secondary N) is 1. The Labute approximate surface area is 92.9 Å². The van der Waals surface area contributed by atoms with Crippen molar-refractivity contribution in [3.8, 4) is 0 Å². The average Bonchev–Trinajstić information content (AvgIpc) is 2.63. The second kappa shape index (κ2) is 5.79. The molecule has 84 valence electrons. The van der Waals surface area contributed by atoms with Gasteiger partial charge in [0.2, 0.25) is 0 Å². The van der Waals surface area contributed by atoms with Crippen LogP contribution in [0.15, 0.2) is 11.4 Å². The molecule has 0 spiro atoms. The van der Waals surface area contributed by atoms with Gasteiger partial charge in [-0.15, -0.1) is 0 Å². The highest BCUT2D eigenvalue weighted by atomic mass is 32.1. The zero-order chi connectivity index (χ0) is 11.3. The van der Waals surface area contributed by atoms with E-state index in [4.69, 9.17) is 0 Å². The molecule has 1 aromatic heterocycles. The van der Waals surface area contributed by atoms with Crippen molar-refractivity contribution >= 4 is 16.3 Å². The zero-order valence-electron chi connectivity index (χ0n) is 8.90. The zero-order valence-corrected chi connectivity index (χ0v) is 9.71. The lowest BCUT2D eigenvalue weighted by Crippen LogP contribution is -2.26. The summed E-state index contributed by atoms with van der Waals surface area (Å²) in [5, 5.41) is 15.6. The van der Waals surface area contributed by atoms with Crippen molar-refractivity contribution < 1.29 is 4.92 Å². The molecule has 0 amide bonds. The first-order chi connectivity index (χ1) is 7.13. The van der Waals surface area contributed by atoms with E-state index in [2.05, 4.69) is 10.2 Å². The molecule has 5 nitrogen and oxygen atoms in total. The second-order valence-corrected chi connectivity index (χ2v) is 4.28. The monoisotopic (exact) mass is 229 g/mol. The number of rotatable bonds is 6. The van der Waals surface area contributed by atoms with Crippen LogP contribution < -0.4 is 5.32 Å². The fourth-order valence-corrected chi connectivity index (χ4v) is 1.95. The van der Waals surface area contributed by atoms with Crippen molar-refractivity contribution in [2.75, 3.05) is 27.2 Å². The van der Waals surface area contributed by atoms with Crippen LogP contribution in [0.3, 0.4) is 0 Å². The highest BCUT2D eigenvalue weighted by Crippen LogP contribution is 2.23. The Morgan fingerprint density at radius 2 is 2.40 bits per heavy atom. The normalized spacial score (nSPS) is 10.9. The fourth-order valence-electron chi connectivity index (χ4n) is 1.23. The van der Waals surface area contributed by atoms with Crippen LogP contribution in [0.2, 0.25) is 0 Å². The van der Waals surface area contributed by atoms with Crippen molar-refractivity contribution in [3.05, 3.63) is 27.1 Å². The lowest BCUT2D eigenvalue weighted by molar-refractivity contribution is -0.380. The van der Waals surface area contributed by atoms with Crippen LogP contribution in [0.4, 0.5) is 5.00 Å². The molecule has 0 aliphatic heterocycles. The smallest absolute Gasteiger partial charge is 0.318 e. The molecule has 1 N–H and O–H groups in total. The van der Waals surface area contributed by atoms with Crippen LogP contribution in [0.5, 0.6) is 0 Å². The molecule has 0 saturated heterocycles. The fraction of sp³-hybridized carbons (Fsp3) is 0.556. The van der Waals surface area contributed by atoms with Gasteiger partial charge in [-0.1, -0.05) is 11.3 Å². The SMILES string of the molecule is CNCCN(C)Cc1csc([N+](=O)[O-])c1. The molecule has 6 heteroatoms. The maximum absolute atomic E-state index is 10.5. The summed E-state index contributed by atoms with van der Waals surface area (Å²) in [6, 6.07) is 1.64. The van der Waals surface area contributed by atoms with Crippen LogP contribution in [-0.2, 0) is 6.54 Å². The Kier molecular flexibility index (Phi) is 4.67. The van der Waals surface area contributed by atoms with Gasteiger partial charge < -0.3 is 10.2 Å². The molecule has 0 fully saturated rings. The van der Waals surface area contributed by atoms with E-state index < -0.39 is 0 Å². The summed E-state index contributed by atoms with van der Waals surface area (Å²) in [5.41, 5.74) is 1.00. The van der Waals surface area contributed by atoms with Gasteiger partial charge in [-0.25, -0.2) is 0 Å². The Morgan fingerprint density at radius 1 is 1.67 bits per heavy atom. The first-order valence-corrected chi connectivity index (χ1v) is 5.56. The number of nitrogens with zero attached hydrogens (tertiary/aromatic N) is 2. The third kappa shape index (κ3) is 3.94. The molecular formula is C9H15N3O2S. The Bertz CT molecular complexity index is 327. The van der Waals surface area contributed by atoms with E-state index >= 15 is 0 Å². The first kappa shape index (κ1) is 12.1. The molecule has 0 atom stereocenters. The van der Waals surface area contributed by atoms with Crippen molar-refractivity contribution in [3.63, 3.8) is 0 Å². The van der Waals surface area contributed by atoms with Crippen LogP contribution in [0, 0.1) is 10.1 Å². The molecular weight excluding hydrogens is 214 g/mol. The number of likely N-dealkylation sites (N-methyl/N-ethyl adjacent to an activating group) is 2. The van der Waals surface area contributed by atoms with Gasteiger partial charge in [0.1, 0.15) is 0 Å². The molecule has 0 radical (unpaired) electrons. The molecule has 1 aromatic rings. The maximum atomic E-state index is 10.5. The third-order valence-corrected chi connectivity index (χ3v) is 2.94. The summed E-state index contributed by atoms with van der Waals surface area (Å²) < 4.78 is 0. The van der Waals surface area contributed by atoms with E-state index in [1.165, 1.54) is 11.3 Å². The minimum atomic E-state index is -0.345. The van der Waals surface area contributed by atoms with Gasteiger partial charge >= 0.3 is 5.00 Å². The number of nitro groups is 1. The molecule has 0 unspecified atom stereocenters. The summed E-state index contributed by atoms with van der Waals surface area (Å²) in [6.07, 6.45) is 0. The third-order valence-electron chi connectivity index (χ3n) is 2.02. The quantitative estimate of drug-likeness (QED) is 0.590. The van der Waals surface area contributed by atoms with E-state index in [1.807, 2.05) is 19.5 Å². The van der Waals surface area contributed by atoms with E-state index in [9.17, 15) is 10.1 Å². The number of hydrogen-bond acceptors (Lipinski definition) is 5. The van der Waals surface area contributed by atoms with Gasteiger partial charge in [0.05, 0.1) is 4.92 Å². The van der Waals surface area contributed by atoms with Gasteiger partial charge in [0.15, 0.2) is 0 Å². The maximum Gasteiger partial charge on any atom is 0.324 e. The van der Waals surface area contributed by atoms with E-state index in [-0.39, 0.29) is 9.92 Å². The predicted molar refractivity (Wildman–Crippen MR) is 61.2 cm³/mol. The molecule has 0 aliphatic carbocycles. The van der Waals surface area contributed by atoms with Gasteiger partial charge in [-0.3, -0.25) is 10.1 Å². The van der Waals surface area contributed by atoms with E-state index in [0.717, 1.165) is 25.2 Å². The minimum Gasteiger partial charge on any atom is -0.318 e. The second-order valence-electron chi connectivity index (χ2n) is 3.39. The van der Waals surface area contributed by atoms with Gasteiger partial charge in [-0.2, -0.15) is 0 Å². The van der Waals surface area contributed by atoms with Crippen molar-refractivity contribution in [2.45, 2.75) is 6.54 Å². The molecule has 0 bridgehead atoms. The predicted octanol–water partition coefficient (Wildman–Crippen LogP) is 1.31. The molecule has 1 rings (SSSR count). The summed E-state index contributed by atoms with van der Waals surface area (Å²) in [6.45, 7) is 2.61. The molecule has 0 aromatic carbocycles. The summed E-state index contributed by atoms with van der Waals surface area (Å²) in [4.78, 5) is 12.2. The topological polar surface area (TPSA) is 58.4 Å². The van der Waals surface area contributed by atoms with Gasteiger partial charge in [0, 0.05) is 31.1 Å². The lowest BCUT2D eigenvalue weighted by Gasteiger charge is -2.14. The van der Waals surface area contributed by atoms with Crippen molar-refractivity contribution in [1.29, 1.82) is 0 Å². The number of hydrogen-bond donors (Lipinski definition) is 1. The van der Waals surface area contributed by atoms with Crippen LogP contribution >= 0.6 is 11.3 Å². The Morgan fingerprint density at radius 3 is 2.93 bits per heavy atom. The van der Waals surface area contributed by atoms with E-state index in [0.29, 0.717) is 0 Å². The highest BCUT2D eigenvalue weighted by molar-refractivity contribution is 7.13. The largest absolute Gasteiger partial charge is 0.324 e. The Hall–Kier alpha value is -0.980. The molecule has 0 aliphatic rings. The van der Waals surface area contributed by atoms with Gasteiger partial charge in [0.25, 0.3) is 0 Å². The molecule has 0 saturated carbocycles. The highest BCUT2D eigenvalue weighted by Gasteiger charge is 2.10. The summed E-state index contributed by atoms with van der Waals surface area (Å²) >= 11 is 1.18. The summed E-state index contributed by atoms with van der Waals surface area (Å²) in [5.74, 6) is 0. The molecule has 1 heterocycles. The van der Waals surface area contributed by atoms with Crippen LogP contribution in [0.25, 0.3) is 0 Å².